The monoisotopic (exact) mass is 266 g/mol. The number of hydrogen-bond donors (Lipinski definition) is 1. The fourth-order valence-corrected chi connectivity index (χ4v) is 2.38. The Hall–Kier alpha value is -1.85. The highest BCUT2D eigenvalue weighted by molar-refractivity contribution is 5.76. The molecule has 0 bridgehead atoms. The Labute approximate surface area is 111 Å². The number of nitrogens with zero attached hydrogens (tertiary/aromatic N) is 1. The number of furan rings is 1. The maximum Gasteiger partial charge on any atom is 0.433 e. The van der Waals surface area contributed by atoms with Gasteiger partial charge in [0.15, 0.2) is 0 Å². The zero-order valence-electron chi connectivity index (χ0n) is 10.8. The zero-order valence-corrected chi connectivity index (χ0v) is 10.8. The first-order valence-corrected chi connectivity index (χ1v) is 6.67. The molecular formula is C13H18N2O4. The van der Waals surface area contributed by atoms with Crippen LogP contribution in [0.5, 0.6) is 0 Å². The lowest BCUT2D eigenvalue weighted by atomic mass is 9.95. The number of carbonyl (C=O) groups is 1. The van der Waals surface area contributed by atoms with Gasteiger partial charge in [0.2, 0.25) is 5.91 Å². The van der Waals surface area contributed by atoms with E-state index in [1.165, 1.54) is 25.3 Å². The lowest BCUT2D eigenvalue weighted by Crippen LogP contribution is -2.36. The van der Waals surface area contributed by atoms with Crippen molar-refractivity contribution in [1.29, 1.82) is 0 Å². The van der Waals surface area contributed by atoms with Gasteiger partial charge in [-0.15, -0.1) is 0 Å². The summed E-state index contributed by atoms with van der Waals surface area (Å²) in [4.78, 5) is 21.6. The van der Waals surface area contributed by atoms with Gasteiger partial charge in [0, 0.05) is 18.9 Å². The van der Waals surface area contributed by atoms with E-state index in [0.29, 0.717) is 24.6 Å². The van der Waals surface area contributed by atoms with Gasteiger partial charge < -0.3 is 9.73 Å². The molecule has 0 radical (unpaired) electrons. The molecule has 1 N–H and O–H groups in total. The molecule has 6 heteroatoms. The minimum absolute atomic E-state index is 0.00838. The van der Waals surface area contributed by atoms with Gasteiger partial charge in [-0.3, -0.25) is 14.9 Å². The van der Waals surface area contributed by atoms with Crippen molar-refractivity contribution < 1.29 is 14.1 Å². The molecule has 0 unspecified atom stereocenters. The molecule has 1 fully saturated rings. The third-order valence-corrected chi connectivity index (χ3v) is 3.40. The first kappa shape index (κ1) is 13.6. The van der Waals surface area contributed by atoms with Crippen molar-refractivity contribution >= 4 is 11.8 Å². The van der Waals surface area contributed by atoms with Crippen molar-refractivity contribution in [2.75, 3.05) is 0 Å². The summed E-state index contributed by atoms with van der Waals surface area (Å²) in [5.74, 6) is 0.194. The Bertz CT molecular complexity index is 449. The highest BCUT2D eigenvalue weighted by Gasteiger charge is 2.16. The van der Waals surface area contributed by atoms with Crippen molar-refractivity contribution in [2.45, 2.75) is 51.0 Å². The largest absolute Gasteiger partial charge is 0.433 e. The van der Waals surface area contributed by atoms with Gasteiger partial charge in [0.25, 0.3) is 0 Å². The second-order valence-corrected chi connectivity index (χ2v) is 4.90. The molecule has 1 saturated carbocycles. The van der Waals surface area contributed by atoms with Crippen LogP contribution in [0.25, 0.3) is 0 Å². The lowest BCUT2D eigenvalue weighted by molar-refractivity contribution is -0.402. The molecular weight excluding hydrogens is 248 g/mol. The quantitative estimate of drug-likeness (QED) is 0.655. The Morgan fingerprint density at radius 3 is 2.74 bits per heavy atom. The van der Waals surface area contributed by atoms with Crippen molar-refractivity contribution in [3.63, 3.8) is 0 Å². The molecule has 1 amide bonds. The summed E-state index contributed by atoms with van der Waals surface area (Å²) in [6.07, 6.45) is 6.41. The number of nitrogens with one attached hydrogen (secondary N) is 1. The Balaban J connectivity index is 1.74. The van der Waals surface area contributed by atoms with Gasteiger partial charge in [0.1, 0.15) is 10.7 Å². The molecule has 1 aromatic heterocycles. The van der Waals surface area contributed by atoms with E-state index >= 15 is 0 Å². The van der Waals surface area contributed by atoms with Gasteiger partial charge in [-0.05, 0) is 18.9 Å². The van der Waals surface area contributed by atoms with Crippen LogP contribution >= 0.6 is 0 Å². The second kappa shape index (κ2) is 6.36. The van der Waals surface area contributed by atoms with E-state index in [9.17, 15) is 14.9 Å². The van der Waals surface area contributed by atoms with E-state index in [1.807, 2.05) is 0 Å². The van der Waals surface area contributed by atoms with Gasteiger partial charge in [-0.2, -0.15) is 0 Å². The summed E-state index contributed by atoms with van der Waals surface area (Å²) >= 11 is 0. The molecule has 6 nitrogen and oxygen atoms in total. The Kier molecular flexibility index (Phi) is 4.54. The number of carbonyl (C=O) groups excluding carboxylic acids is 1. The molecule has 0 aliphatic heterocycles. The van der Waals surface area contributed by atoms with E-state index in [2.05, 4.69) is 5.32 Å². The predicted octanol–water partition coefficient (Wildman–Crippen LogP) is 2.57. The van der Waals surface area contributed by atoms with Crippen LogP contribution in [0.4, 0.5) is 5.88 Å². The van der Waals surface area contributed by atoms with Crippen molar-refractivity contribution in [3.05, 3.63) is 28.0 Å². The van der Waals surface area contributed by atoms with Gasteiger partial charge in [-0.1, -0.05) is 19.3 Å². The fourth-order valence-electron chi connectivity index (χ4n) is 2.38. The number of rotatable bonds is 5. The first-order chi connectivity index (χ1) is 9.15. The molecule has 0 spiro atoms. The Morgan fingerprint density at radius 1 is 1.37 bits per heavy atom. The summed E-state index contributed by atoms with van der Waals surface area (Å²) in [6.45, 7) is 0. The summed E-state index contributed by atoms with van der Waals surface area (Å²) < 4.78 is 5.01. The summed E-state index contributed by atoms with van der Waals surface area (Å²) in [5, 5.41) is 13.5. The average molecular weight is 266 g/mol. The molecule has 19 heavy (non-hydrogen) atoms. The molecule has 1 heterocycles. The minimum atomic E-state index is -0.578. The molecule has 1 aliphatic carbocycles. The third-order valence-electron chi connectivity index (χ3n) is 3.40. The zero-order chi connectivity index (χ0) is 13.7. The fraction of sp³-hybridized carbons (Fsp3) is 0.615. The van der Waals surface area contributed by atoms with Crippen LogP contribution in [0.15, 0.2) is 16.5 Å². The van der Waals surface area contributed by atoms with Gasteiger partial charge in [0.05, 0.1) is 6.07 Å². The normalized spacial score (nSPS) is 16.2. The second-order valence-electron chi connectivity index (χ2n) is 4.90. The maximum atomic E-state index is 11.7. The smallest absolute Gasteiger partial charge is 0.406 e. The lowest BCUT2D eigenvalue weighted by Gasteiger charge is -2.22. The summed E-state index contributed by atoms with van der Waals surface area (Å²) in [5.41, 5.74) is 0. The van der Waals surface area contributed by atoms with Crippen LogP contribution in [0.2, 0.25) is 0 Å². The van der Waals surface area contributed by atoms with Gasteiger partial charge in [-0.25, -0.2) is 0 Å². The van der Waals surface area contributed by atoms with Crippen LogP contribution in [-0.4, -0.2) is 16.9 Å². The van der Waals surface area contributed by atoms with E-state index in [1.54, 1.807) is 6.07 Å². The number of nitro groups is 1. The predicted molar refractivity (Wildman–Crippen MR) is 68.7 cm³/mol. The summed E-state index contributed by atoms with van der Waals surface area (Å²) in [7, 11) is 0. The van der Waals surface area contributed by atoms with Crippen molar-refractivity contribution in [2.24, 2.45) is 0 Å². The van der Waals surface area contributed by atoms with Crippen LogP contribution in [-0.2, 0) is 11.2 Å². The van der Waals surface area contributed by atoms with Crippen LogP contribution in [0.3, 0.4) is 0 Å². The maximum absolute atomic E-state index is 11.7. The number of aryl methyl sites for hydroxylation is 1. The molecule has 104 valence electrons. The molecule has 0 saturated heterocycles. The average Bonchev–Trinajstić information content (AvgIpc) is 2.86. The molecule has 0 atom stereocenters. The van der Waals surface area contributed by atoms with Crippen molar-refractivity contribution in [3.8, 4) is 0 Å². The topological polar surface area (TPSA) is 85.4 Å². The third kappa shape index (κ3) is 4.08. The first-order valence-electron chi connectivity index (χ1n) is 6.67. The number of amides is 1. The van der Waals surface area contributed by atoms with Crippen molar-refractivity contribution in [1.82, 2.24) is 5.32 Å². The van der Waals surface area contributed by atoms with E-state index in [-0.39, 0.29) is 11.8 Å². The van der Waals surface area contributed by atoms with Gasteiger partial charge >= 0.3 is 5.88 Å². The highest BCUT2D eigenvalue weighted by Crippen LogP contribution is 2.18. The molecule has 2 rings (SSSR count). The van der Waals surface area contributed by atoms with Crippen LogP contribution in [0.1, 0.15) is 44.3 Å². The molecule has 1 aromatic rings. The van der Waals surface area contributed by atoms with Crippen LogP contribution < -0.4 is 5.32 Å². The minimum Gasteiger partial charge on any atom is -0.406 e. The van der Waals surface area contributed by atoms with E-state index < -0.39 is 4.92 Å². The molecule has 0 aromatic carbocycles. The molecule has 1 aliphatic rings. The summed E-state index contributed by atoms with van der Waals surface area (Å²) in [6, 6.07) is 3.16. The number of hydrogen-bond acceptors (Lipinski definition) is 4. The Morgan fingerprint density at radius 2 is 2.11 bits per heavy atom. The van der Waals surface area contributed by atoms with E-state index in [0.717, 1.165) is 12.8 Å². The van der Waals surface area contributed by atoms with Crippen LogP contribution in [0, 0.1) is 10.1 Å². The van der Waals surface area contributed by atoms with E-state index in [4.69, 9.17) is 4.42 Å². The highest BCUT2D eigenvalue weighted by atomic mass is 16.6. The standard InChI is InChI=1S/C13H18N2O4/c16-12(14-10-4-2-1-3-5-10)8-6-11-7-9-13(19-11)15(17)18/h7,9-10H,1-6,8H2,(H,14,16). The SMILES string of the molecule is O=C(CCc1ccc([N+](=O)[O-])o1)NC1CCCCC1.